The molecule has 0 saturated heterocycles. The van der Waals surface area contributed by atoms with Crippen LogP contribution in [-0.4, -0.2) is 10.1 Å². The van der Waals surface area contributed by atoms with Crippen molar-refractivity contribution in [2.75, 3.05) is 4.90 Å². The summed E-state index contributed by atoms with van der Waals surface area (Å²) in [6.07, 6.45) is 5.08. The van der Waals surface area contributed by atoms with Gasteiger partial charge < -0.3 is 9.47 Å². The zero-order valence-corrected chi connectivity index (χ0v) is 28.9. The number of rotatable bonds is 3. The highest BCUT2D eigenvalue weighted by molar-refractivity contribution is 6.11. The molecule has 2 heterocycles. The van der Waals surface area contributed by atoms with Gasteiger partial charge in [-0.1, -0.05) is 119 Å². The molecule has 7 aromatic rings. The van der Waals surface area contributed by atoms with Crippen LogP contribution in [0.4, 0.5) is 11.4 Å². The zero-order valence-electron chi connectivity index (χ0n) is 28.9. The van der Waals surface area contributed by atoms with Crippen molar-refractivity contribution in [1.82, 2.24) is 4.57 Å². The topological polar surface area (TPSA) is 8.17 Å². The molecule has 2 nitrogen and oxygen atoms in total. The molecule has 10 rings (SSSR count). The average molecular weight is 635 g/mol. The van der Waals surface area contributed by atoms with Gasteiger partial charge in [0.15, 0.2) is 0 Å². The summed E-state index contributed by atoms with van der Waals surface area (Å²) in [6, 6.07) is 50.4. The molecule has 49 heavy (non-hydrogen) atoms. The van der Waals surface area contributed by atoms with E-state index in [1.54, 1.807) is 0 Å². The minimum atomic E-state index is -0.0401. The van der Waals surface area contributed by atoms with Gasteiger partial charge in [0.1, 0.15) is 0 Å². The van der Waals surface area contributed by atoms with E-state index < -0.39 is 0 Å². The van der Waals surface area contributed by atoms with Crippen molar-refractivity contribution in [1.29, 1.82) is 0 Å². The molecule has 1 fully saturated rings. The van der Waals surface area contributed by atoms with Crippen molar-refractivity contribution in [2.24, 2.45) is 0 Å². The summed E-state index contributed by atoms with van der Waals surface area (Å²) >= 11 is 0. The normalized spacial score (nSPS) is 21.8. The van der Waals surface area contributed by atoms with Gasteiger partial charge >= 0.3 is 0 Å². The van der Waals surface area contributed by atoms with Crippen LogP contribution in [0.15, 0.2) is 133 Å². The van der Waals surface area contributed by atoms with Gasteiger partial charge in [0.05, 0.1) is 16.6 Å². The summed E-state index contributed by atoms with van der Waals surface area (Å²) in [5.74, 6) is 0. The third-order valence-electron chi connectivity index (χ3n) is 13.0. The first-order valence-corrected chi connectivity index (χ1v) is 18.1. The molecule has 2 unspecified atom stereocenters. The van der Waals surface area contributed by atoms with E-state index in [1.807, 2.05) is 0 Å². The fourth-order valence-electron chi connectivity index (χ4n) is 10.1. The largest absolute Gasteiger partial charge is 0.334 e. The third kappa shape index (κ3) is 3.78. The Hall–Kier alpha value is -5.08. The highest BCUT2D eigenvalue weighted by Crippen LogP contribution is 2.60. The van der Waals surface area contributed by atoms with Crippen LogP contribution in [0.25, 0.3) is 49.7 Å². The van der Waals surface area contributed by atoms with Crippen molar-refractivity contribution < 1.29 is 0 Å². The van der Waals surface area contributed by atoms with E-state index >= 15 is 0 Å². The average Bonchev–Trinajstić information content (AvgIpc) is 3.66. The van der Waals surface area contributed by atoms with E-state index in [1.165, 1.54) is 103 Å². The van der Waals surface area contributed by atoms with Crippen LogP contribution in [0.1, 0.15) is 70.1 Å². The Morgan fingerprint density at radius 3 is 1.90 bits per heavy atom. The van der Waals surface area contributed by atoms with Gasteiger partial charge in [-0.3, -0.25) is 0 Å². The Morgan fingerprint density at radius 2 is 1.12 bits per heavy atom. The van der Waals surface area contributed by atoms with E-state index in [9.17, 15) is 0 Å². The van der Waals surface area contributed by atoms with Gasteiger partial charge in [0.25, 0.3) is 0 Å². The third-order valence-corrected chi connectivity index (χ3v) is 13.0. The second-order valence-corrected chi connectivity index (χ2v) is 15.7. The Labute approximate surface area is 289 Å². The van der Waals surface area contributed by atoms with Crippen LogP contribution in [-0.2, 0) is 10.8 Å². The summed E-state index contributed by atoms with van der Waals surface area (Å²) in [7, 11) is 0. The predicted octanol–water partition coefficient (Wildman–Crippen LogP) is 12.5. The molecule has 0 N–H and O–H groups in total. The summed E-state index contributed by atoms with van der Waals surface area (Å²) < 4.78 is 2.46. The molecule has 0 amide bonds. The number of nitrogens with zero attached hydrogens (tertiary/aromatic N) is 2. The Morgan fingerprint density at radius 1 is 0.490 bits per heavy atom. The number of hydrogen-bond acceptors (Lipinski definition) is 1. The fourth-order valence-corrected chi connectivity index (χ4v) is 10.1. The lowest BCUT2D eigenvalue weighted by Crippen LogP contribution is -2.54. The van der Waals surface area contributed by atoms with Crippen molar-refractivity contribution >= 4 is 33.2 Å². The van der Waals surface area contributed by atoms with Crippen molar-refractivity contribution in [3.05, 3.63) is 150 Å². The molecule has 3 aliphatic rings. The zero-order chi connectivity index (χ0) is 33.1. The summed E-state index contributed by atoms with van der Waals surface area (Å²) in [5, 5.41) is 2.61. The van der Waals surface area contributed by atoms with Gasteiger partial charge in [-0.25, -0.2) is 0 Å². The molecule has 2 atom stereocenters. The van der Waals surface area contributed by atoms with E-state index in [-0.39, 0.29) is 16.4 Å². The van der Waals surface area contributed by atoms with Crippen LogP contribution in [0, 0.1) is 0 Å². The number of para-hydroxylation sites is 2. The smallest absolute Gasteiger partial charge is 0.0544 e. The lowest BCUT2D eigenvalue weighted by Gasteiger charge is -2.50. The lowest BCUT2D eigenvalue weighted by molar-refractivity contribution is 0.195. The monoisotopic (exact) mass is 634 g/mol. The molecule has 0 radical (unpaired) electrons. The summed E-state index contributed by atoms with van der Waals surface area (Å²) in [4.78, 5) is 2.66. The van der Waals surface area contributed by atoms with Gasteiger partial charge in [0.2, 0.25) is 0 Å². The SMILES string of the molecule is CC1(C)c2ccccc2-c2cc3c4ccccc4n(-c4ccc(-c5ccc(N6c7ccccc7C7(C)CCCCC67C)cc5)cc4)c3cc21. The van der Waals surface area contributed by atoms with E-state index in [4.69, 9.17) is 0 Å². The first-order chi connectivity index (χ1) is 23.8. The quantitative estimate of drug-likeness (QED) is 0.188. The second kappa shape index (κ2) is 9.98. The van der Waals surface area contributed by atoms with Gasteiger partial charge in [0, 0.05) is 38.7 Å². The lowest BCUT2D eigenvalue weighted by atomic mass is 9.61. The standard InChI is InChI=1S/C47H42N2/c1-45(2)39-15-7-5-13-35(39)37-29-38-36-14-6-9-17-42(36)48(44(38)30-41(37)45)33-23-19-31(20-24-33)32-21-25-34(26-22-32)49-43-18-10-8-16-40(43)46(3)27-11-12-28-47(46,49)4/h5-10,13-26,29-30H,11-12,27-28H2,1-4H3. The molecule has 0 bridgehead atoms. The summed E-state index contributed by atoms with van der Waals surface area (Å²) in [5.41, 5.74) is 16.2. The number of hydrogen-bond donors (Lipinski definition) is 0. The minimum absolute atomic E-state index is 0.0401. The van der Waals surface area contributed by atoms with Crippen LogP contribution in [0.2, 0.25) is 0 Å². The van der Waals surface area contributed by atoms with Crippen LogP contribution in [0.5, 0.6) is 0 Å². The molecule has 1 aliphatic heterocycles. The number of fused-ring (bicyclic) bond motifs is 9. The minimum Gasteiger partial charge on any atom is -0.334 e. The fraction of sp³-hybridized carbons (Fsp3) is 0.234. The maximum atomic E-state index is 2.66. The molecule has 2 aliphatic carbocycles. The number of aromatic nitrogens is 1. The van der Waals surface area contributed by atoms with E-state index in [0.29, 0.717) is 0 Å². The molecule has 240 valence electrons. The maximum Gasteiger partial charge on any atom is 0.0544 e. The van der Waals surface area contributed by atoms with Crippen molar-refractivity contribution in [3.8, 4) is 27.9 Å². The molecular formula is C47H42N2. The Balaban J connectivity index is 1.04. The van der Waals surface area contributed by atoms with Crippen molar-refractivity contribution in [3.63, 3.8) is 0 Å². The Kier molecular flexibility index (Phi) is 5.89. The molecule has 1 aromatic heterocycles. The predicted molar refractivity (Wildman–Crippen MR) is 207 cm³/mol. The number of benzene rings is 6. The summed E-state index contributed by atoms with van der Waals surface area (Å²) in [6.45, 7) is 9.74. The molecule has 2 heteroatoms. The van der Waals surface area contributed by atoms with E-state index in [2.05, 4.69) is 171 Å². The molecule has 1 saturated carbocycles. The molecule has 0 spiro atoms. The van der Waals surface area contributed by atoms with Crippen molar-refractivity contribution in [2.45, 2.75) is 69.7 Å². The number of anilines is 2. The van der Waals surface area contributed by atoms with Gasteiger partial charge in [-0.2, -0.15) is 0 Å². The van der Waals surface area contributed by atoms with Crippen LogP contribution >= 0.6 is 0 Å². The van der Waals surface area contributed by atoms with Crippen LogP contribution in [0.3, 0.4) is 0 Å². The molecule has 6 aromatic carbocycles. The molecular weight excluding hydrogens is 593 g/mol. The maximum absolute atomic E-state index is 2.66. The van der Waals surface area contributed by atoms with E-state index in [0.717, 1.165) is 0 Å². The highest BCUT2D eigenvalue weighted by Gasteiger charge is 2.57. The van der Waals surface area contributed by atoms with Gasteiger partial charge in [-0.05, 0) is 107 Å². The first-order valence-electron chi connectivity index (χ1n) is 18.1. The highest BCUT2D eigenvalue weighted by atomic mass is 15.3. The van der Waals surface area contributed by atoms with Gasteiger partial charge in [-0.15, -0.1) is 0 Å². The van der Waals surface area contributed by atoms with Crippen LogP contribution < -0.4 is 4.90 Å². The Bertz CT molecular complexity index is 2440. The second-order valence-electron chi connectivity index (χ2n) is 15.7. The first kappa shape index (κ1) is 28.9.